The van der Waals surface area contributed by atoms with Crippen molar-refractivity contribution in [3.05, 3.63) is 0 Å². The lowest BCUT2D eigenvalue weighted by Gasteiger charge is -2.16. The van der Waals surface area contributed by atoms with E-state index in [0.717, 1.165) is 19.4 Å². The molecule has 0 saturated carbocycles. The Morgan fingerprint density at radius 1 is 1.27 bits per heavy atom. The standard InChI is InChI=1S/C8H16FN3O2.C6H16N2/c1-12(9)7(8(10)14)4-2-3-5-11-6-13;1-6(8)4-2-3-5-7/h6-7H,2-5H2,1H3,(H2,10,14)(H,11,13);6H,2-5,7-8H2,1H3. The molecule has 2 atom stereocenters. The molecule has 0 aromatic heterocycles. The number of nitrogens with one attached hydrogen (secondary N) is 1. The Morgan fingerprint density at radius 2 is 1.86 bits per heavy atom. The van der Waals surface area contributed by atoms with Crippen LogP contribution in [-0.2, 0) is 9.59 Å². The van der Waals surface area contributed by atoms with Crippen molar-refractivity contribution in [1.82, 2.24) is 10.4 Å². The van der Waals surface area contributed by atoms with Gasteiger partial charge in [-0.25, -0.2) is 0 Å². The lowest BCUT2D eigenvalue weighted by atomic mass is 10.1. The molecule has 0 aromatic rings. The summed E-state index contributed by atoms with van der Waals surface area (Å²) in [4.78, 5) is 20.6. The molecule has 7 N–H and O–H groups in total. The van der Waals surface area contributed by atoms with Crippen LogP contribution < -0.4 is 22.5 Å². The van der Waals surface area contributed by atoms with Crippen LogP contribution in [0.4, 0.5) is 4.48 Å². The van der Waals surface area contributed by atoms with E-state index in [-0.39, 0.29) is 0 Å². The monoisotopic (exact) mass is 321 g/mol. The Labute approximate surface area is 132 Å². The third-order valence-electron chi connectivity index (χ3n) is 3.00. The second-order valence-electron chi connectivity index (χ2n) is 5.27. The largest absolute Gasteiger partial charge is 0.368 e. The topological polar surface area (TPSA) is 127 Å². The summed E-state index contributed by atoms with van der Waals surface area (Å²) >= 11 is 0. The molecule has 2 unspecified atom stereocenters. The molecule has 132 valence electrons. The minimum Gasteiger partial charge on any atom is -0.368 e. The lowest BCUT2D eigenvalue weighted by Crippen LogP contribution is -2.38. The summed E-state index contributed by atoms with van der Waals surface area (Å²) in [6, 6.07) is -0.521. The van der Waals surface area contributed by atoms with E-state index in [0.29, 0.717) is 43.4 Å². The lowest BCUT2D eigenvalue weighted by molar-refractivity contribution is -0.129. The molecule has 0 aliphatic carbocycles. The Morgan fingerprint density at radius 3 is 2.27 bits per heavy atom. The van der Waals surface area contributed by atoms with Crippen molar-refractivity contribution in [2.24, 2.45) is 17.2 Å². The van der Waals surface area contributed by atoms with Gasteiger partial charge < -0.3 is 22.5 Å². The molecule has 22 heavy (non-hydrogen) atoms. The number of rotatable bonds is 12. The van der Waals surface area contributed by atoms with E-state index in [1.807, 2.05) is 6.92 Å². The van der Waals surface area contributed by atoms with Crippen LogP contribution in [0.2, 0.25) is 0 Å². The predicted molar refractivity (Wildman–Crippen MR) is 86.3 cm³/mol. The third kappa shape index (κ3) is 16.8. The summed E-state index contributed by atoms with van der Waals surface area (Å²) in [5.41, 5.74) is 15.8. The zero-order valence-electron chi connectivity index (χ0n) is 13.8. The molecule has 0 fully saturated rings. The van der Waals surface area contributed by atoms with E-state index >= 15 is 0 Å². The fraction of sp³-hybridized carbons (Fsp3) is 0.857. The molecule has 0 radical (unpaired) electrons. The van der Waals surface area contributed by atoms with Gasteiger partial charge in [0.05, 0.1) is 0 Å². The number of primary amides is 1. The van der Waals surface area contributed by atoms with Gasteiger partial charge in [0, 0.05) is 19.6 Å². The van der Waals surface area contributed by atoms with Crippen molar-refractivity contribution < 1.29 is 14.1 Å². The number of carbonyl (C=O) groups is 2. The molecule has 0 rings (SSSR count). The fourth-order valence-corrected chi connectivity index (χ4v) is 1.73. The van der Waals surface area contributed by atoms with Crippen LogP contribution >= 0.6 is 0 Å². The van der Waals surface area contributed by atoms with Crippen LogP contribution in [0.5, 0.6) is 0 Å². The van der Waals surface area contributed by atoms with E-state index in [4.69, 9.17) is 17.2 Å². The first-order valence-corrected chi connectivity index (χ1v) is 7.67. The highest BCUT2D eigenvalue weighted by Gasteiger charge is 2.19. The minimum absolute atomic E-state index is 0.315. The maximum Gasteiger partial charge on any atom is 0.237 e. The zero-order chi connectivity index (χ0) is 17.4. The van der Waals surface area contributed by atoms with Gasteiger partial charge in [-0.2, -0.15) is 0 Å². The van der Waals surface area contributed by atoms with E-state index in [1.165, 1.54) is 13.5 Å². The number of halogens is 1. The van der Waals surface area contributed by atoms with Gasteiger partial charge in [0.1, 0.15) is 6.04 Å². The molecule has 0 bridgehead atoms. The molecule has 0 saturated heterocycles. The van der Waals surface area contributed by atoms with E-state index in [1.54, 1.807) is 0 Å². The van der Waals surface area contributed by atoms with E-state index in [2.05, 4.69) is 5.32 Å². The Kier molecular flexibility index (Phi) is 16.9. The molecule has 0 aliphatic rings. The summed E-state index contributed by atoms with van der Waals surface area (Å²) in [5.74, 6) is -0.668. The average molecular weight is 321 g/mol. The maximum atomic E-state index is 12.7. The van der Waals surface area contributed by atoms with Crippen LogP contribution in [0, 0.1) is 0 Å². The van der Waals surface area contributed by atoms with Crippen LogP contribution in [0.25, 0.3) is 0 Å². The van der Waals surface area contributed by atoms with E-state index in [9.17, 15) is 14.1 Å². The van der Waals surface area contributed by atoms with Crippen LogP contribution in [0.1, 0.15) is 45.4 Å². The van der Waals surface area contributed by atoms with Gasteiger partial charge in [0.2, 0.25) is 12.3 Å². The summed E-state index contributed by atoms with van der Waals surface area (Å²) in [6.45, 7) is 3.36. The van der Waals surface area contributed by atoms with Gasteiger partial charge in [-0.1, -0.05) is 6.42 Å². The smallest absolute Gasteiger partial charge is 0.237 e. The Bertz CT molecular complexity index is 278. The first-order chi connectivity index (χ1) is 10.4. The van der Waals surface area contributed by atoms with Crippen molar-refractivity contribution in [1.29, 1.82) is 0 Å². The minimum atomic E-state index is -0.869. The van der Waals surface area contributed by atoms with Crippen LogP contribution in [0.15, 0.2) is 0 Å². The van der Waals surface area contributed by atoms with Gasteiger partial charge in [0.15, 0.2) is 0 Å². The van der Waals surface area contributed by atoms with Gasteiger partial charge in [-0.05, 0) is 45.6 Å². The van der Waals surface area contributed by atoms with Crippen molar-refractivity contribution >= 4 is 12.3 Å². The summed E-state index contributed by atoms with van der Waals surface area (Å²) < 4.78 is 12.7. The number of amides is 2. The van der Waals surface area contributed by atoms with E-state index < -0.39 is 11.9 Å². The number of nitrogens with zero attached hydrogens (tertiary/aromatic N) is 1. The van der Waals surface area contributed by atoms with Gasteiger partial charge >= 0.3 is 0 Å². The predicted octanol–water partition coefficient (Wildman–Crippen LogP) is 0.0355. The molecule has 2 amide bonds. The highest BCUT2D eigenvalue weighted by atomic mass is 19.2. The molecule has 0 aromatic carbocycles. The number of likely N-dealkylation sites (N-methyl/N-ethyl adjacent to an activating group) is 1. The zero-order valence-corrected chi connectivity index (χ0v) is 13.8. The fourth-order valence-electron chi connectivity index (χ4n) is 1.73. The molecular formula is C14H32FN5O2. The van der Waals surface area contributed by atoms with Crippen molar-refractivity contribution in [2.75, 3.05) is 20.1 Å². The summed E-state index contributed by atoms with van der Waals surface area (Å²) in [6.07, 6.45) is 5.71. The highest BCUT2D eigenvalue weighted by molar-refractivity contribution is 5.79. The third-order valence-corrected chi connectivity index (χ3v) is 3.00. The number of hydrogen-bond acceptors (Lipinski definition) is 5. The Hall–Kier alpha value is -1.25. The first-order valence-electron chi connectivity index (χ1n) is 7.67. The van der Waals surface area contributed by atoms with Gasteiger partial charge in [-0.3, -0.25) is 9.59 Å². The number of hydrogen-bond donors (Lipinski definition) is 4. The van der Waals surface area contributed by atoms with Crippen LogP contribution in [0.3, 0.4) is 0 Å². The highest BCUT2D eigenvalue weighted by Crippen LogP contribution is 2.06. The van der Waals surface area contributed by atoms with Crippen molar-refractivity contribution in [3.63, 3.8) is 0 Å². The molecule has 8 heteroatoms. The molecule has 0 aliphatic heterocycles. The normalized spacial score (nSPS) is 13.0. The second kappa shape index (κ2) is 16.1. The Balaban J connectivity index is 0. The van der Waals surface area contributed by atoms with Crippen molar-refractivity contribution in [2.45, 2.75) is 57.5 Å². The summed E-state index contributed by atoms with van der Waals surface area (Å²) in [5, 5.41) is 2.79. The first kappa shape index (κ1) is 23.0. The average Bonchev–Trinajstić information content (AvgIpc) is 2.42. The van der Waals surface area contributed by atoms with Gasteiger partial charge in [-0.15, -0.1) is 9.60 Å². The SMILES string of the molecule is CC(N)CCCCN.CN(F)C(CCCCNC=O)C(N)=O. The molecule has 0 heterocycles. The molecule has 0 spiro atoms. The number of nitrogens with two attached hydrogens (primary N) is 3. The number of unbranched alkanes of at least 4 members (excludes halogenated alkanes) is 2. The number of carbonyl (C=O) groups excluding carboxylic acids is 2. The molecule has 7 nitrogen and oxygen atoms in total. The maximum absolute atomic E-state index is 12.7. The molecular weight excluding hydrogens is 289 g/mol. The summed E-state index contributed by atoms with van der Waals surface area (Å²) in [7, 11) is 1.17. The second-order valence-corrected chi connectivity index (χ2v) is 5.27. The quantitative estimate of drug-likeness (QED) is 0.229. The van der Waals surface area contributed by atoms with Crippen molar-refractivity contribution in [3.8, 4) is 0 Å². The van der Waals surface area contributed by atoms with Gasteiger partial charge in [0.25, 0.3) is 0 Å². The van der Waals surface area contributed by atoms with Crippen LogP contribution in [-0.4, -0.2) is 49.7 Å².